The molecule has 0 aromatic heterocycles. The molecule has 0 saturated heterocycles. The van der Waals surface area contributed by atoms with E-state index in [2.05, 4.69) is 10.8 Å². The molecule has 0 fully saturated rings. The molecule has 1 aliphatic rings. The molecule has 0 saturated carbocycles. The first-order valence-corrected chi connectivity index (χ1v) is 11.6. The Balaban J connectivity index is 1.45. The number of carbonyl (C=O) groups is 1. The van der Waals surface area contributed by atoms with Crippen molar-refractivity contribution in [3.63, 3.8) is 0 Å². The van der Waals surface area contributed by atoms with Gasteiger partial charge in [-0.15, -0.1) is 0 Å². The van der Waals surface area contributed by atoms with E-state index in [0.29, 0.717) is 17.7 Å². The quantitative estimate of drug-likeness (QED) is 0.341. The minimum Gasteiger partial charge on any atom is -0.352 e. The van der Waals surface area contributed by atoms with E-state index in [9.17, 15) is 18.0 Å². The lowest BCUT2D eigenvalue weighted by Gasteiger charge is -2.28. The summed E-state index contributed by atoms with van der Waals surface area (Å²) in [5, 5.41) is 2.98. The third-order valence-corrected chi connectivity index (χ3v) is 6.41. The van der Waals surface area contributed by atoms with Crippen molar-refractivity contribution in [1.29, 1.82) is 0 Å². The Labute approximate surface area is 210 Å². The van der Waals surface area contributed by atoms with Gasteiger partial charge in [-0.1, -0.05) is 71.7 Å². The number of aryl methyl sites for hydroxylation is 1. The van der Waals surface area contributed by atoms with Crippen LogP contribution in [0.2, 0.25) is 10.0 Å². The van der Waals surface area contributed by atoms with Gasteiger partial charge in [-0.3, -0.25) is 15.1 Å². The third-order valence-electron chi connectivity index (χ3n) is 5.67. The Bertz CT molecular complexity index is 1230. The molecule has 1 aliphatic heterocycles. The maximum atomic E-state index is 14.1. The summed E-state index contributed by atoms with van der Waals surface area (Å²) in [5.41, 5.74) is 1.55. The van der Waals surface area contributed by atoms with Crippen LogP contribution in [0.3, 0.4) is 0 Å². The van der Waals surface area contributed by atoms with E-state index in [1.54, 1.807) is 24.3 Å². The van der Waals surface area contributed by atoms with Gasteiger partial charge in [0, 0.05) is 17.7 Å². The van der Waals surface area contributed by atoms with E-state index >= 15 is 0 Å². The number of hydroxylamine groups is 1. The van der Waals surface area contributed by atoms with Crippen molar-refractivity contribution in [1.82, 2.24) is 10.8 Å². The Morgan fingerprint density at radius 2 is 1.69 bits per heavy atom. The van der Waals surface area contributed by atoms with Gasteiger partial charge in [-0.2, -0.15) is 13.2 Å². The van der Waals surface area contributed by atoms with Gasteiger partial charge in [0.15, 0.2) is 0 Å². The number of nitrogens with one attached hydrogen (secondary N) is 2. The minimum atomic E-state index is -4.78. The Morgan fingerprint density at radius 1 is 0.971 bits per heavy atom. The van der Waals surface area contributed by atoms with Gasteiger partial charge in [-0.25, -0.2) is 0 Å². The largest absolute Gasteiger partial charge is 0.428 e. The average molecular weight is 521 g/mol. The molecule has 1 amide bonds. The summed E-state index contributed by atoms with van der Waals surface area (Å²) in [6.45, 7) is 0.508. The number of hydrogen-bond acceptors (Lipinski definition) is 3. The number of halogens is 5. The molecule has 0 bridgehead atoms. The second-order valence-electron chi connectivity index (χ2n) is 8.05. The minimum absolute atomic E-state index is 0.0163. The van der Waals surface area contributed by atoms with Crippen molar-refractivity contribution < 1.29 is 22.8 Å². The first-order chi connectivity index (χ1) is 16.7. The first-order valence-electron chi connectivity index (χ1n) is 10.8. The molecule has 1 heterocycles. The van der Waals surface area contributed by atoms with E-state index in [4.69, 9.17) is 28.0 Å². The topological polar surface area (TPSA) is 50.4 Å². The van der Waals surface area contributed by atoms with Gasteiger partial charge in [0.25, 0.3) is 5.91 Å². The zero-order valence-electron chi connectivity index (χ0n) is 18.3. The SMILES string of the molecule is O=C(NCCCc1ccccc1)c1ccc(C2=CC(c3ccc(Cl)c(Cl)c3)(C(F)(F)F)ON2)cc1. The van der Waals surface area contributed by atoms with Gasteiger partial charge in [0.05, 0.1) is 15.7 Å². The van der Waals surface area contributed by atoms with Crippen molar-refractivity contribution in [2.45, 2.75) is 24.6 Å². The molecule has 4 rings (SSSR count). The first kappa shape index (κ1) is 25.1. The van der Waals surface area contributed by atoms with E-state index in [1.165, 1.54) is 17.7 Å². The van der Waals surface area contributed by atoms with Crippen LogP contribution < -0.4 is 10.8 Å². The number of rotatable bonds is 7. The van der Waals surface area contributed by atoms with Crippen LogP contribution in [0.1, 0.15) is 33.5 Å². The van der Waals surface area contributed by atoms with Crippen LogP contribution in [0.5, 0.6) is 0 Å². The standard InChI is InChI=1S/C26H21Cl2F3N2O2/c27-21-13-12-20(15-22(21)28)25(26(29,30)31)16-23(33-35-25)18-8-10-19(11-9-18)24(34)32-14-4-7-17-5-2-1-3-6-17/h1-3,5-6,8-13,15-16,33H,4,7,14H2,(H,32,34). The summed E-state index contributed by atoms with van der Waals surface area (Å²) >= 11 is 11.8. The van der Waals surface area contributed by atoms with Gasteiger partial charge in [-0.05, 0) is 54.3 Å². The van der Waals surface area contributed by atoms with E-state index in [0.717, 1.165) is 25.0 Å². The molecule has 2 N–H and O–H groups in total. The number of carbonyl (C=O) groups excluding carboxylic acids is 1. The average Bonchev–Trinajstić information content (AvgIpc) is 3.31. The number of amides is 1. The predicted octanol–water partition coefficient (Wildman–Crippen LogP) is 6.69. The van der Waals surface area contributed by atoms with Crippen molar-refractivity contribution in [3.05, 3.63) is 111 Å². The molecule has 0 aliphatic carbocycles. The molecule has 3 aromatic rings. The maximum absolute atomic E-state index is 14.1. The molecule has 9 heteroatoms. The van der Waals surface area contributed by atoms with Crippen molar-refractivity contribution in [2.75, 3.05) is 6.54 Å². The van der Waals surface area contributed by atoms with Gasteiger partial charge in [0.2, 0.25) is 5.60 Å². The molecular weight excluding hydrogens is 500 g/mol. The van der Waals surface area contributed by atoms with Crippen LogP contribution in [0.25, 0.3) is 5.70 Å². The van der Waals surface area contributed by atoms with Crippen LogP contribution in [-0.2, 0) is 16.9 Å². The van der Waals surface area contributed by atoms with Crippen LogP contribution in [0, 0.1) is 0 Å². The maximum Gasteiger partial charge on any atom is 0.428 e. The summed E-state index contributed by atoms with van der Waals surface area (Å²) in [6, 6.07) is 19.8. The highest BCUT2D eigenvalue weighted by Gasteiger charge is 2.59. The van der Waals surface area contributed by atoms with E-state index in [-0.39, 0.29) is 27.2 Å². The van der Waals surface area contributed by atoms with Crippen LogP contribution in [0.15, 0.2) is 78.9 Å². The molecule has 1 atom stereocenters. The number of alkyl halides is 3. The molecule has 0 spiro atoms. The van der Waals surface area contributed by atoms with Gasteiger partial charge >= 0.3 is 6.18 Å². The Kier molecular flexibility index (Phi) is 7.40. The lowest BCUT2D eigenvalue weighted by Crippen LogP contribution is -2.42. The summed E-state index contributed by atoms with van der Waals surface area (Å²) in [4.78, 5) is 17.5. The summed E-state index contributed by atoms with van der Waals surface area (Å²) in [7, 11) is 0. The second-order valence-corrected chi connectivity index (χ2v) is 8.86. The highest BCUT2D eigenvalue weighted by molar-refractivity contribution is 6.42. The van der Waals surface area contributed by atoms with Crippen LogP contribution in [-0.4, -0.2) is 18.6 Å². The summed E-state index contributed by atoms with van der Waals surface area (Å²) in [6.07, 6.45) is -2.19. The van der Waals surface area contributed by atoms with E-state index in [1.807, 2.05) is 30.3 Å². The molecular formula is C26H21Cl2F3N2O2. The van der Waals surface area contributed by atoms with Crippen LogP contribution in [0.4, 0.5) is 13.2 Å². The fourth-order valence-corrected chi connectivity index (χ4v) is 4.05. The molecule has 1 unspecified atom stereocenters. The monoisotopic (exact) mass is 520 g/mol. The van der Waals surface area contributed by atoms with Gasteiger partial charge < -0.3 is 5.32 Å². The van der Waals surface area contributed by atoms with Crippen molar-refractivity contribution >= 4 is 34.8 Å². The predicted molar refractivity (Wildman–Crippen MR) is 130 cm³/mol. The lowest BCUT2D eigenvalue weighted by molar-refractivity contribution is -0.269. The fraction of sp³-hybridized carbons (Fsp3) is 0.192. The molecule has 3 aromatic carbocycles. The molecule has 4 nitrogen and oxygen atoms in total. The Morgan fingerprint density at radius 3 is 2.34 bits per heavy atom. The van der Waals surface area contributed by atoms with E-state index < -0.39 is 11.8 Å². The van der Waals surface area contributed by atoms with Crippen molar-refractivity contribution in [2.24, 2.45) is 0 Å². The molecule has 35 heavy (non-hydrogen) atoms. The second kappa shape index (κ2) is 10.3. The molecule has 182 valence electrons. The van der Waals surface area contributed by atoms with Crippen molar-refractivity contribution in [3.8, 4) is 0 Å². The Hall–Kier alpha value is -3.00. The van der Waals surface area contributed by atoms with Crippen LogP contribution >= 0.6 is 23.2 Å². The third kappa shape index (κ3) is 5.48. The normalized spacial score (nSPS) is 17.6. The highest BCUT2D eigenvalue weighted by Crippen LogP contribution is 2.48. The number of benzene rings is 3. The zero-order chi connectivity index (χ0) is 25.1. The molecule has 0 radical (unpaired) electrons. The highest BCUT2D eigenvalue weighted by atomic mass is 35.5. The summed E-state index contributed by atoms with van der Waals surface area (Å²) < 4.78 is 42.3. The number of hydrogen-bond donors (Lipinski definition) is 2. The van der Waals surface area contributed by atoms with Gasteiger partial charge in [0.1, 0.15) is 0 Å². The lowest BCUT2D eigenvalue weighted by atomic mass is 9.91. The smallest absolute Gasteiger partial charge is 0.352 e. The fourth-order valence-electron chi connectivity index (χ4n) is 3.76. The summed E-state index contributed by atoms with van der Waals surface area (Å²) in [5.74, 6) is -0.255. The zero-order valence-corrected chi connectivity index (χ0v) is 19.8.